The number of aromatic nitrogens is 1. The first-order valence-corrected chi connectivity index (χ1v) is 23.9. The van der Waals surface area contributed by atoms with Crippen LogP contribution in [0, 0.1) is 0 Å². The predicted molar refractivity (Wildman–Crippen MR) is 239 cm³/mol. The summed E-state index contributed by atoms with van der Waals surface area (Å²) in [7, 11) is -4.17. The number of likely N-dealkylation sites (tertiary alicyclic amines) is 1. The second kappa shape index (κ2) is 17.2. The molecule has 0 aliphatic carbocycles. The Hall–Kier alpha value is -3.77. The normalized spacial score (nSPS) is 18.4. The third-order valence-corrected chi connectivity index (χ3v) is 18.6. The zero-order valence-electron chi connectivity index (χ0n) is 34.0. The van der Waals surface area contributed by atoms with Crippen LogP contribution in [0.15, 0.2) is 126 Å². The Bertz CT molecular complexity index is 2150. The van der Waals surface area contributed by atoms with Crippen LogP contribution in [0.2, 0.25) is 5.04 Å². The molecule has 57 heavy (non-hydrogen) atoms. The number of pyridine rings is 1. The molecule has 0 unspecified atom stereocenters. The molecule has 1 saturated heterocycles. The second-order valence-electron chi connectivity index (χ2n) is 17.4. The van der Waals surface area contributed by atoms with Crippen molar-refractivity contribution in [1.82, 2.24) is 19.5 Å². The largest absolute Gasteiger partial charge is 0.407 e. The van der Waals surface area contributed by atoms with E-state index in [1.807, 2.05) is 51.1 Å². The molecule has 0 bridgehead atoms. The number of nitrogens with one attached hydrogen (secondary N) is 1. The van der Waals surface area contributed by atoms with E-state index in [0.717, 1.165) is 52.9 Å². The van der Waals surface area contributed by atoms with Gasteiger partial charge >= 0.3 is 0 Å². The number of carbonyl (C=O) groups is 1. The van der Waals surface area contributed by atoms with Crippen LogP contribution < -0.4 is 15.7 Å². The van der Waals surface area contributed by atoms with E-state index in [2.05, 4.69) is 142 Å². The van der Waals surface area contributed by atoms with Crippen molar-refractivity contribution in [3.63, 3.8) is 0 Å². The molecule has 298 valence electrons. The first-order chi connectivity index (χ1) is 27.2. The summed E-state index contributed by atoms with van der Waals surface area (Å²) < 4.78 is 24.5. The average Bonchev–Trinajstić information content (AvgIpc) is 3.79. The molecule has 1 N–H and O–H groups in total. The summed E-state index contributed by atoms with van der Waals surface area (Å²) in [5, 5.41) is 5.59. The quantitative estimate of drug-likeness (QED) is 0.127. The molecule has 3 atom stereocenters. The Kier molecular flexibility index (Phi) is 12.5. The lowest BCUT2D eigenvalue weighted by Crippen LogP contribution is -2.66. The molecule has 3 heterocycles. The van der Waals surface area contributed by atoms with Gasteiger partial charge in [-0.25, -0.2) is 13.5 Å². The molecule has 10 heteroatoms. The van der Waals surface area contributed by atoms with Crippen LogP contribution in [-0.2, 0) is 28.5 Å². The molecule has 2 aliphatic heterocycles. The van der Waals surface area contributed by atoms with Crippen molar-refractivity contribution in [3.8, 4) is 11.3 Å². The van der Waals surface area contributed by atoms with E-state index >= 15 is 0 Å². The lowest BCUT2D eigenvalue weighted by molar-refractivity contribution is 0.0932. The van der Waals surface area contributed by atoms with E-state index in [-0.39, 0.29) is 23.0 Å². The number of halogens is 1. The molecule has 0 spiro atoms. The Morgan fingerprint density at radius 2 is 1.51 bits per heavy atom. The van der Waals surface area contributed by atoms with Gasteiger partial charge in [-0.05, 0) is 78.4 Å². The van der Waals surface area contributed by atoms with Crippen LogP contribution in [-0.4, -0.2) is 63.1 Å². The van der Waals surface area contributed by atoms with E-state index in [9.17, 15) is 9.00 Å². The summed E-state index contributed by atoms with van der Waals surface area (Å²) in [4.78, 5) is 21.7. The molecule has 7 nitrogen and oxygen atoms in total. The van der Waals surface area contributed by atoms with E-state index < -0.39 is 24.1 Å². The Labute approximate surface area is 351 Å². The molecule has 5 aromatic rings. The van der Waals surface area contributed by atoms with Gasteiger partial charge in [-0.3, -0.25) is 9.69 Å². The lowest BCUT2D eigenvalue weighted by atomic mass is 9.96. The molecule has 0 radical (unpaired) electrons. The molecule has 2 aliphatic rings. The van der Waals surface area contributed by atoms with Crippen molar-refractivity contribution in [2.75, 3.05) is 19.7 Å². The van der Waals surface area contributed by atoms with Gasteiger partial charge in [0.1, 0.15) is 16.7 Å². The first-order valence-electron chi connectivity index (χ1n) is 20.0. The number of benzene rings is 4. The van der Waals surface area contributed by atoms with Crippen LogP contribution in [0.4, 0.5) is 0 Å². The van der Waals surface area contributed by atoms with Gasteiger partial charge in [0.2, 0.25) is 0 Å². The zero-order valence-corrected chi connectivity index (χ0v) is 37.4. The fourth-order valence-corrected chi connectivity index (χ4v) is 15.0. The maximum Gasteiger partial charge on any atom is 0.270 e. The van der Waals surface area contributed by atoms with Gasteiger partial charge in [-0.15, -0.1) is 0 Å². The van der Waals surface area contributed by atoms with Gasteiger partial charge in [0.05, 0.1) is 16.5 Å². The Morgan fingerprint density at radius 1 is 0.877 bits per heavy atom. The minimum atomic E-state index is -2.83. The molecule has 1 amide bonds. The summed E-state index contributed by atoms with van der Waals surface area (Å²) in [6.45, 7) is 16.4. The summed E-state index contributed by atoms with van der Waals surface area (Å²) in [6.07, 6.45) is 1.49. The Balaban J connectivity index is 1.23. The number of carbonyl (C=O) groups excluding carboxylic acids is 1. The smallest absolute Gasteiger partial charge is 0.270 e. The zero-order chi connectivity index (χ0) is 40.4. The van der Waals surface area contributed by atoms with Crippen LogP contribution in [0.5, 0.6) is 0 Å². The molecule has 1 aromatic heterocycles. The van der Waals surface area contributed by atoms with E-state index in [1.165, 1.54) is 15.9 Å². The average molecular weight is 864 g/mol. The van der Waals surface area contributed by atoms with Gasteiger partial charge in [-0.2, -0.15) is 0 Å². The van der Waals surface area contributed by atoms with Crippen LogP contribution in [0.3, 0.4) is 0 Å². The van der Waals surface area contributed by atoms with Crippen LogP contribution >= 0.6 is 15.9 Å². The number of fused-ring (bicyclic) bond motifs is 1. The lowest BCUT2D eigenvalue weighted by Gasteiger charge is -2.43. The summed E-state index contributed by atoms with van der Waals surface area (Å²) in [5.41, 5.74) is 5.31. The van der Waals surface area contributed by atoms with Crippen molar-refractivity contribution in [3.05, 3.63) is 148 Å². The highest BCUT2D eigenvalue weighted by atomic mass is 79.9. The maximum atomic E-state index is 14.5. The highest BCUT2D eigenvalue weighted by Crippen LogP contribution is 2.45. The Morgan fingerprint density at radius 3 is 2.11 bits per heavy atom. The third-order valence-electron chi connectivity index (χ3n) is 11.2. The molecular weight excluding hydrogens is 809 g/mol. The van der Waals surface area contributed by atoms with Gasteiger partial charge in [-0.1, -0.05) is 140 Å². The van der Waals surface area contributed by atoms with Gasteiger partial charge < -0.3 is 9.74 Å². The number of rotatable bonds is 12. The third kappa shape index (κ3) is 8.97. The number of amides is 1. The fraction of sp³-hybridized carbons (Fsp3) is 0.362. The molecular formula is C47H55BrN4O3SSi. The van der Waals surface area contributed by atoms with Crippen molar-refractivity contribution in [2.24, 2.45) is 0 Å². The highest BCUT2D eigenvalue weighted by molar-refractivity contribution is 9.10. The van der Waals surface area contributed by atoms with Gasteiger partial charge in [0.15, 0.2) is 0 Å². The van der Waals surface area contributed by atoms with Gasteiger partial charge in [0.25, 0.3) is 14.2 Å². The van der Waals surface area contributed by atoms with Crippen molar-refractivity contribution in [2.45, 2.75) is 89.3 Å². The van der Waals surface area contributed by atoms with Crippen molar-refractivity contribution < 1.29 is 13.4 Å². The van der Waals surface area contributed by atoms with Crippen LogP contribution in [0.25, 0.3) is 11.3 Å². The minimum absolute atomic E-state index is 0.0295. The summed E-state index contributed by atoms with van der Waals surface area (Å²) >= 11 is 3.69. The monoisotopic (exact) mass is 862 g/mol. The van der Waals surface area contributed by atoms with Crippen molar-refractivity contribution >= 4 is 51.5 Å². The molecule has 0 saturated carbocycles. The fourth-order valence-electron chi connectivity index (χ4n) is 8.60. The minimum Gasteiger partial charge on any atom is -0.407 e. The topological polar surface area (TPSA) is 74.8 Å². The predicted octanol–water partition coefficient (Wildman–Crippen LogP) is 8.80. The number of hydrogen-bond donors (Lipinski definition) is 1. The number of hydrogen-bond acceptors (Lipinski definition) is 5. The summed E-state index contributed by atoms with van der Waals surface area (Å²) in [6, 6.07) is 41.7. The number of nitrogens with zero attached hydrogens (tertiary/aromatic N) is 3. The molecule has 1 fully saturated rings. The highest BCUT2D eigenvalue weighted by Gasteiger charge is 2.50. The molecule has 7 rings (SSSR count). The van der Waals surface area contributed by atoms with E-state index in [1.54, 1.807) is 0 Å². The maximum absolute atomic E-state index is 14.5. The standard InChI is InChI=1S/C47H55BrN4O3SSi/c1-46(2,3)56(54)52-32-36-30-41(45(53)49-38-25-27-51(33-38)31-34-17-10-7-11-18-34)50-44(35-19-16-20-37(48)29-35)43(36)42(52)26-28-55-57(47(4,5)6,39-21-12-8-13-22-39)40-23-14-9-15-24-40/h7-24,29-30,38,42H,25-28,31-33H2,1-6H3,(H,49,53)/t38-,42-,56-/m1/s1. The van der Waals surface area contributed by atoms with Gasteiger partial charge in [0, 0.05) is 54.4 Å². The van der Waals surface area contributed by atoms with Crippen LogP contribution in [0.1, 0.15) is 87.6 Å². The molecule has 4 aromatic carbocycles. The second-order valence-corrected chi connectivity index (χ2v) is 24.8. The van der Waals surface area contributed by atoms with E-state index in [4.69, 9.17) is 9.41 Å². The van der Waals surface area contributed by atoms with E-state index in [0.29, 0.717) is 25.3 Å². The van der Waals surface area contributed by atoms with Crippen molar-refractivity contribution in [1.29, 1.82) is 0 Å². The SMILES string of the molecule is CC(C)(C)[S@@](=O)N1Cc2cc(C(=O)N[C@@H]3CCN(Cc4ccccc4)C3)nc(-c3cccc(Br)c3)c2[C@H]1CCO[Si](c1ccccc1)(c1ccccc1)C(C)(C)C. The first kappa shape index (κ1) is 41.4. The summed E-state index contributed by atoms with van der Waals surface area (Å²) in [5.74, 6) is -0.178.